The lowest BCUT2D eigenvalue weighted by molar-refractivity contribution is -0.0939. The molecule has 0 bridgehead atoms. The van der Waals surface area contributed by atoms with Gasteiger partial charge in [-0.25, -0.2) is 0 Å². The first-order valence-corrected chi connectivity index (χ1v) is 12.0. The number of guanidine groups is 1. The van der Waals surface area contributed by atoms with Crippen molar-refractivity contribution < 1.29 is 4.74 Å². The van der Waals surface area contributed by atoms with Gasteiger partial charge in [0.25, 0.3) is 0 Å². The quantitative estimate of drug-likeness (QED) is 0.546. The number of nitrogens with one attached hydrogen (secondary N) is 2. The molecule has 0 spiro atoms. The number of morpholine rings is 1. The molecule has 0 saturated carbocycles. The lowest BCUT2D eigenvalue weighted by Gasteiger charge is -2.44. The Kier molecular flexibility index (Phi) is 7.82. The van der Waals surface area contributed by atoms with Crippen LogP contribution >= 0.6 is 11.3 Å². The fourth-order valence-electron chi connectivity index (χ4n) is 4.25. The van der Waals surface area contributed by atoms with E-state index in [4.69, 9.17) is 9.73 Å². The number of hydrogen-bond acceptors (Lipinski definition) is 5. The first-order chi connectivity index (χ1) is 13.9. The lowest BCUT2D eigenvalue weighted by atomic mass is 10.0. The van der Waals surface area contributed by atoms with E-state index in [0.717, 1.165) is 58.1 Å². The van der Waals surface area contributed by atoms with Gasteiger partial charge >= 0.3 is 0 Å². The fraction of sp³-hybridized carbons (Fsp3) is 0.773. The number of thiophene rings is 1. The van der Waals surface area contributed by atoms with Gasteiger partial charge in [0.05, 0.1) is 23.8 Å². The maximum absolute atomic E-state index is 5.91. The Hall–Kier alpha value is -1.31. The van der Waals surface area contributed by atoms with Crippen LogP contribution in [0.25, 0.3) is 0 Å². The van der Waals surface area contributed by atoms with E-state index >= 15 is 0 Å². The largest absolute Gasteiger partial charge is 0.373 e. The molecule has 2 unspecified atom stereocenters. The van der Waals surface area contributed by atoms with Gasteiger partial charge in [-0.2, -0.15) is 0 Å². The monoisotopic (exact) mass is 421 g/mol. The third-order valence-corrected chi connectivity index (χ3v) is 6.83. The molecule has 3 heterocycles. The second-order valence-corrected chi connectivity index (χ2v) is 9.95. The van der Waals surface area contributed by atoms with Gasteiger partial charge in [-0.15, -0.1) is 11.3 Å². The summed E-state index contributed by atoms with van der Waals surface area (Å²) in [4.78, 5) is 10.00. The predicted octanol–water partition coefficient (Wildman–Crippen LogP) is 3.16. The molecule has 6 nitrogen and oxygen atoms in total. The summed E-state index contributed by atoms with van der Waals surface area (Å²) in [6.45, 7) is 16.9. The van der Waals surface area contributed by atoms with E-state index in [1.54, 1.807) is 0 Å². The van der Waals surface area contributed by atoms with Gasteiger partial charge in [-0.05, 0) is 65.0 Å². The average Bonchev–Trinajstić information content (AvgIpc) is 3.21. The molecule has 2 N–H and O–H groups in total. The molecule has 1 aromatic rings. The maximum atomic E-state index is 5.91. The summed E-state index contributed by atoms with van der Waals surface area (Å²) in [5.74, 6) is 0.949. The summed E-state index contributed by atoms with van der Waals surface area (Å²) in [6.07, 6.45) is 2.85. The van der Waals surface area contributed by atoms with E-state index in [9.17, 15) is 0 Å². The number of piperidine rings is 1. The zero-order valence-corrected chi connectivity index (χ0v) is 19.6. The van der Waals surface area contributed by atoms with E-state index < -0.39 is 0 Å². The predicted molar refractivity (Wildman–Crippen MR) is 124 cm³/mol. The Morgan fingerprint density at radius 1 is 1.24 bits per heavy atom. The van der Waals surface area contributed by atoms with Crippen molar-refractivity contribution >= 4 is 22.3 Å². The standard InChI is InChI=1S/C22H39N5OS/c1-6-23-21(24-16-22(4,5)27-14-17(2)28-18(3)15-27)25-19-9-11-26(12-10-19)20-8-7-13-29-20/h7-8,13,17-19H,6,9-12,14-16H2,1-5H3,(H2,23,24,25). The van der Waals surface area contributed by atoms with Gasteiger partial charge in [-0.3, -0.25) is 9.89 Å². The summed E-state index contributed by atoms with van der Waals surface area (Å²) in [7, 11) is 0. The van der Waals surface area contributed by atoms with Crippen molar-refractivity contribution in [1.82, 2.24) is 15.5 Å². The highest BCUT2D eigenvalue weighted by Crippen LogP contribution is 2.25. The van der Waals surface area contributed by atoms with Crippen molar-refractivity contribution in [2.24, 2.45) is 4.99 Å². The Morgan fingerprint density at radius 2 is 1.93 bits per heavy atom. The summed E-state index contributed by atoms with van der Waals surface area (Å²) < 4.78 is 5.91. The fourth-order valence-corrected chi connectivity index (χ4v) is 5.04. The van der Waals surface area contributed by atoms with Crippen LogP contribution in [0.2, 0.25) is 0 Å². The maximum Gasteiger partial charge on any atom is 0.191 e. The molecule has 2 aliphatic rings. The van der Waals surface area contributed by atoms with Crippen LogP contribution in [0.4, 0.5) is 5.00 Å². The summed E-state index contributed by atoms with van der Waals surface area (Å²) >= 11 is 1.83. The second-order valence-electron chi connectivity index (χ2n) is 9.03. The van der Waals surface area contributed by atoms with Crippen LogP contribution < -0.4 is 15.5 Å². The van der Waals surface area contributed by atoms with Gasteiger partial charge in [0.2, 0.25) is 0 Å². The van der Waals surface area contributed by atoms with Crippen molar-refractivity contribution in [3.05, 3.63) is 17.5 Å². The summed E-state index contributed by atoms with van der Waals surface area (Å²) in [5.41, 5.74) is 0.0111. The first kappa shape index (κ1) is 22.4. The van der Waals surface area contributed by atoms with E-state index in [1.807, 2.05) is 11.3 Å². The van der Waals surface area contributed by atoms with Crippen LogP contribution in [0, 0.1) is 0 Å². The molecule has 1 aromatic heterocycles. The highest BCUT2D eigenvalue weighted by Gasteiger charge is 2.33. The van der Waals surface area contributed by atoms with Gasteiger partial charge in [0.1, 0.15) is 0 Å². The van der Waals surface area contributed by atoms with Crippen LogP contribution in [0.3, 0.4) is 0 Å². The van der Waals surface area contributed by atoms with E-state index in [0.29, 0.717) is 6.04 Å². The highest BCUT2D eigenvalue weighted by molar-refractivity contribution is 7.14. The minimum atomic E-state index is 0.0111. The number of rotatable bonds is 6. The second kappa shape index (κ2) is 10.1. The van der Waals surface area contributed by atoms with Crippen LogP contribution in [-0.4, -0.2) is 73.9 Å². The molecule has 0 aromatic carbocycles. The van der Waals surface area contributed by atoms with Gasteiger partial charge in [0.15, 0.2) is 5.96 Å². The molecule has 2 saturated heterocycles. The molecule has 0 amide bonds. The van der Waals surface area contributed by atoms with Crippen LogP contribution in [-0.2, 0) is 4.74 Å². The Morgan fingerprint density at radius 3 is 2.52 bits per heavy atom. The smallest absolute Gasteiger partial charge is 0.191 e. The molecule has 2 fully saturated rings. The number of nitrogens with zero attached hydrogens (tertiary/aromatic N) is 3. The topological polar surface area (TPSA) is 52.1 Å². The molecule has 164 valence electrons. The van der Waals surface area contributed by atoms with Crippen molar-refractivity contribution in [2.45, 2.75) is 71.2 Å². The average molecular weight is 422 g/mol. The van der Waals surface area contributed by atoms with Crippen molar-refractivity contribution in [1.29, 1.82) is 0 Å². The molecule has 29 heavy (non-hydrogen) atoms. The van der Waals surface area contributed by atoms with Crippen molar-refractivity contribution in [2.75, 3.05) is 44.2 Å². The van der Waals surface area contributed by atoms with Gasteiger partial charge < -0.3 is 20.3 Å². The zero-order chi connectivity index (χ0) is 20.9. The van der Waals surface area contributed by atoms with E-state index in [1.165, 1.54) is 5.00 Å². The Bertz CT molecular complexity index is 630. The third kappa shape index (κ3) is 6.33. The number of aliphatic imine (C=N–C) groups is 1. The Balaban J connectivity index is 1.54. The number of ether oxygens (including phenoxy) is 1. The van der Waals surface area contributed by atoms with Crippen molar-refractivity contribution in [3.63, 3.8) is 0 Å². The van der Waals surface area contributed by atoms with Crippen LogP contribution in [0.5, 0.6) is 0 Å². The molecule has 2 atom stereocenters. The van der Waals surface area contributed by atoms with E-state index in [2.05, 4.69) is 72.6 Å². The minimum Gasteiger partial charge on any atom is -0.373 e. The van der Waals surface area contributed by atoms with Crippen LogP contribution in [0.15, 0.2) is 22.5 Å². The Labute approximate surface area is 180 Å². The zero-order valence-electron chi connectivity index (χ0n) is 18.8. The molecule has 7 heteroatoms. The first-order valence-electron chi connectivity index (χ1n) is 11.1. The number of hydrogen-bond donors (Lipinski definition) is 2. The highest BCUT2D eigenvalue weighted by atomic mass is 32.1. The lowest BCUT2D eigenvalue weighted by Crippen LogP contribution is -2.56. The summed E-state index contributed by atoms with van der Waals surface area (Å²) in [5, 5.41) is 10.7. The molecule has 0 radical (unpaired) electrons. The summed E-state index contributed by atoms with van der Waals surface area (Å²) in [6, 6.07) is 4.84. The van der Waals surface area contributed by atoms with Gasteiger partial charge in [0, 0.05) is 44.3 Å². The molecule has 3 rings (SSSR count). The van der Waals surface area contributed by atoms with E-state index in [-0.39, 0.29) is 17.7 Å². The normalized spacial score (nSPS) is 25.3. The SMILES string of the molecule is CCNC(=NCC(C)(C)N1CC(C)OC(C)C1)NC1CCN(c2cccs2)CC1. The molecular weight excluding hydrogens is 382 g/mol. The van der Waals surface area contributed by atoms with Crippen LogP contribution in [0.1, 0.15) is 47.5 Å². The van der Waals surface area contributed by atoms with Crippen molar-refractivity contribution in [3.8, 4) is 0 Å². The van der Waals surface area contributed by atoms with Gasteiger partial charge in [-0.1, -0.05) is 0 Å². The molecular formula is C22H39N5OS. The third-order valence-electron chi connectivity index (χ3n) is 5.90. The molecule has 2 aliphatic heterocycles. The minimum absolute atomic E-state index is 0.0111. The molecule has 0 aliphatic carbocycles. The number of anilines is 1.